The second kappa shape index (κ2) is 11.0. The second-order valence-electron chi connectivity index (χ2n) is 9.74. The fraction of sp³-hybridized carbons (Fsp3) is 0.458. The highest BCUT2D eigenvalue weighted by molar-refractivity contribution is 6.01. The average molecular weight is 489 g/mol. The molecule has 1 aromatic carbocycles. The van der Waals surface area contributed by atoms with E-state index in [0.717, 1.165) is 10.9 Å². The van der Waals surface area contributed by atoms with E-state index in [-0.39, 0.29) is 24.8 Å². The van der Waals surface area contributed by atoms with Crippen LogP contribution in [0.25, 0.3) is 11.0 Å². The summed E-state index contributed by atoms with van der Waals surface area (Å²) >= 11 is 0. The molecule has 0 aliphatic carbocycles. The van der Waals surface area contributed by atoms with E-state index in [4.69, 9.17) is 13.9 Å². The number of nitrogens with one attached hydrogen (secondary N) is 3. The molecule has 0 bridgehead atoms. The minimum absolute atomic E-state index is 0.0610. The molecule has 0 atom stereocenters. The molecule has 1 heterocycles. The molecule has 0 spiro atoms. The van der Waals surface area contributed by atoms with Gasteiger partial charge in [0.05, 0.1) is 6.54 Å². The van der Waals surface area contributed by atoms with E-state index in [1.165, 1.54) is 6.07 Å². The van der Waals surface area contributed by atoms with Crippen LogP contribution in [-0.4, -0.2) is 41.8 Å². The summed E-state index contributed by atoms with van der Waals surface area (Å²) in [5.74, 6) is -0.596. The number of amides is 3. The van der Waals surface area contributed by atoms with Crippen molar-refractivity contribution >= 4 is 40.7 Å². The van der Waals surface area contributed by atoms with E-state index in [1.54, 1.807) is 66.7 Å². The predicted molar refractivity (Wildman–Crippen MR) is 132 cm³/mol. The number of benzene rings is 1. The first-order valence-corrected chi connectivity index (χ1v) is 11.0. The van der Waals surface area contributed by atoms with Gasteiger partial charge in [-0.2, -0.15) is 0 Å². The van der Waals surface area contributed by atoms with Crippen molar-refractivity contribution in [2.24, 2.45) is 4.99 Å². The average Bonchev–Trinajstić information content (AvgIpc) is 2.64. The van der Waals surface area contributed by atoms with Crippen molar-refractivity contribution in [2.45, 2.75) is 66.1 Å². The van der Waals surface area contributed by atoms with Crippen molar-refractivity contribution in [2.75, 3.05) is 11.9 Å². The fourth-order valence-electron chi connectivity index (χ4n) is 2.81. The number of guanidine groups is 1. The van der Waals surface area contributed by atoms with Crippen LogP contribution in [0.15, 0.2) is 38.5 Å². The largest absolute Gasteiger partial charge is 0.444 e. The zero-order valence-electron chi connectivity index (χ0n) is 21.0. The zero-order chi connectivity index (χ0) is 26.4. The topological polar surface area (TPSA) is 148 Å². The third-order valence-corrected chi connectivity index (χ3v) is 4.08. The Morgan fingerprint density at radius 1 is 0.943 bits per heavy atom. The van der Waals surface area contributed by atoms with Crippen molar-refractivity contribution < 1.29 is 28.3 Å². The molecule has 1 aromatic heterocycles. The SMILES string of the molecule is Cc1cc(=O)oc2cc(NC(=O)CCN=C(NC(=O)OC(C)(C)C)NC(=O)OC(C)(C)C)ccc12. The van der Waals surface area contributed by atoms with Gasteiger partial charge in [0.15, 0.2) is 0 Å². The van der Waals surface area contributed by atoms with Crippen LogP contribution in [0.4, 0.5) is 15.3 Å². The van der Waals surface area contributed by atoms with Gasteiger partial charge >= 0.3 is 17.8 Å². The third kappa shape index (κ3) is 9.86. The summed E-state index contributed by atoms with van der Waals surface area (Å²) in [4.78, 5) is 52.3. The van der Waals surface area contributed by atoms with Gasteiger partial charge in [-0.1, -0.05) is 0 Å². The maximum Gasteiger partial charge on any atom is 0.414 e. The van der Waals surface area contributed by atoms with Gasteiger partial charge in [0.2, 0.25) is 11.9 Å². The molecule has 0 aliphatic rings. The Balaban J connectivity index is 2.05. The highest BCUT2D eigenvalue weighted by atomic mass is 16.6. The highest BCUT2D eigenvalue weighted by Gasteiger charge is 2.21. The molecule has 2 aromatic rings. The molecular formula is C24H32N4O7. The maximum absolute atomic E-state index is 12.4. The summed E-state index contributed by atoms with van der Waals surface area (Å²) in [5.41, 5.74) is -0.436. The Morgan fingerprint density at radius 2 is 1.51 bits per heavy atom. The Bertz CT molecular complexity index is 1160. The number of fused-ring (bicyclic) bond motifs is 1. The van der Waals surface area contributed by atoms with Gasteiger partial charge in [-0.15, -0.1) is 0 Å². The molecule has 2 rings (SSSR count). The zero-order valence-corrected chi connectivity index (χ0v) is 21.0. The van der Waals surface area contributed by atoms with Gasteiger partial charge in [-0.05, 0) is 66.2 Å². The van der Waals surface area contributed by atoms with Gasteiger partial charge < -0.3 is 19.2 Å². The quantitative estimate of drug-likeness (QED) is 0.336. The molecule has 0 radical (unpaired) electrons. The highest BCUT2D eigenvalue weighted by Crippen LogP contribution is 2.20. The third-order valence-electron chi connectivity index (χ3n) is 4.08. The second-order valence-corrected chi connectivity index (χ2v) is 9.74. The predicted octanol–water partition coefficient (Wildman–Crippen LogP) is 3.84. The van der Waals surface area contributed by atoms with Crippen LogP contribution in [0.1, 0.15) is 53.5 Å². The minimum Gasteiger partial charge on any atom is -0.444 e. The van der Waals surface area contributed by atoms with Gasteiger partial charge in [-0.25, -0.2) is 14.4 Å². The van der Waals surface area contributed by atoms with E-state index in [0.29, 0.717) is 11.3 Å². The molecule has 0 aliphatic heterocycles. The first kappa shape index (κ1) is 27.4. The molecule has 3 amide bonds. The van der Waals surface area contributed by atoms with E-state index in [9.17, 15) is 19.2 Å². The minimum atomic E-state index is -0.829. The van der Waals surface area contributed by atoms with Gasteiger partial charge in [-0.3, -0.25) is 20.4 Å². The summed E-state index contributed by atoms with van der Waals surface area (Å²) in [6.45, 7) is 11.9. The number of alkyl carbamates (subject to hydrolysis) is 2. The van der Waals surface area contributed by atoms with Crippen LogP contribution in [0, 0.1) is 6.92 Å². The first-order chi connectivity index (χ1) is 16.1. The van der Waals surface area contributed by atoms with Gasteiger partial charge in [0.1, 0.15) is 16.8 Å². The monoisotopic (exact) mass is 488 g/mol. The van der Waals surface area contributed by atoms with E-state index in [2.05, 4.69) is 20.9 Å². The van der Waals surface area contributed by atoms with Crippen molar-refractivity contribution in [1.82, 2.24) is 10.6 Å². The van der Waals surface area contributed by atoms with Crippen LogP contribution in [-0.2, 0) is 14.3 Å². The summed E-state index contributed by atoms with van der Waals surface area (Å²) in [6.07, 6.45) is -1.72. The number of hydrogen-bond acceptors (Lipinski definition) is 8. The van der Waals surface area contributed by atoms with Crippen molar-refractivity contribution in [1.29, 1.82) is 0 Å². The van der Waals surface area contributed by atoms with Gasteiger partial charge in [0, 0.05) is 29.6 Å². The molecular weight excluding hydrogens is 456 g/mol. The van der Waals surface area contributed by atoms with Crippen molar-refractivity contribution in [3.63, 3.8) is 0 Å². The molecule has 0 saturated heterocycles. The van der Waals surface area contributed by atoms with Gasteiger partial charge in [0.25, 0.3) is 0 Å². The summed E-state index contributed by atoms with van der Waals surface area (Å²) in [6, 6.07) is 6.39. The van der Waals surface area contributed by atoms with Crippen LogP contribution >= 0.6 is 0 Å². The summed E-state index contributed by atoms with van der Waals surface area (Å²) in [7, 11) is 0. The number of nitrogens with zero attached hydrogens (tertiary/aromatic N) is 1. The lowest BCUT2D eigenvalue weighted by atomic mass is 10.1. The number of hydrogen-bond donors (Lipinski definition) is 3. The number of ether oxygens (including phenoxy) is 2. The Morgan fingerprint density at radius 3 is 2.06 bits per heavy atom. The normalized spacial score (nSPS) is 11.4. The van der Waals surface area contributed by atoms with Crippen LogP contribution < -0.4 is 21.6 Å². The van der Waals surface area contributed by atoms with E-state index >= 15 is 0 Å². The summed E-state index contributed by atoms with van der Waals surface area (Å²) in [5, 5.41) is 8.15. The van der Waals surface area contributed by atoms with Crippen molar-refractivity contribution in [3.8, 4) is 0 Å². The molecule has 3 N–H and O–H groups in total. The Hall–Kier alpha value is -3.89. The molecule has 35 heavy (non-hydrogen) atoms. The molecule has 0 unspecified atom stereocenters. The smallest absolute Gasteiger partial charge is 0.414 e. The number of carbonyl (C=O) groups is 3. The van der Waals surface area contributed by atoms with Crippen LogP contribution in [0.2, 0.25) is 0 Å². The van der Waals surface area contributed by atoms with Crippen LogP contribution in [0.3, 0.4) is 0 Å². The Labute approximate surface area is 203 Å². The molecule has 0 fully saturated rings. The Kier molecular flexibility index (Phi) is 8.62. The number of anilines is 1. The molecule has 11 heteroatoms. The lowest BCUT2D eigenvalue weighted by molar-refractivity contribution is -0.116. The maximum atomic E-state index is 12.4. The molecule has 190 valence electrons. The van der Waals surface area contributed by atoms with E-state index < -0.39 is 29.0 Å². The number of carbonyl (C=O) groups excluding carboxylic acids is 3. The lowest BCUT2D eigenvalue weighted by Crippen LogP contribution is -2.47. The molecule has 0 saturated carbocycles. The van der Waals surface area contributed by atoms with Crippen LogP contribution in [0.5, 0.6) is 0 Å². The fourth-order valence-corrected chi connectivity index (χ4v) is 2.81. The number of aliphatic imine (C=N–C) groups is 1. The molecule has 11 nitrogen and oxygen atoms in total. The number of aryl methyl sites for hydroxylation is 1. The lowest BCUT2D eigenvalue weighted by Gasteiger charge is -2.22. The van der Waals surface area contributed by atoms with E-state index in [1.807, 2.05) is 0 Å². The van der Waals surface area contributed by atoms with Crippen molar-refractivity contribution in [3.05, 3.63) is 40.2 Å². The standard InChI is InChI=1S/C24H32N4O7/c1-14-12-19(30)33-17-13-15(8-9-16(14)17)26-18(29)10-11-25-20(27-21(31)34-23(2,3)4)28-22(32)35-24(5,6)7/h8-9,12-13H,10-11H2,1-7H3,(H,26,29)(H2,25,27,28,31,32). The summed E-state index contributed by atoms with van der Waals surface area (Å²) < 4.78 is 15.5. The number of rotatable bonds is 4. The first-order valence-electron chi connectivity index (χ1n) is 11.0.